The molecule has 74 valence electrons. The van der Waals surface area contributed by atoms with E-state index in [0.717, 1.165) is 0 Å². The summed E-state index contributed by atoms with van der Waals surface area (Å²) in [5.74, 6) is -1.27. The molecule has 0 bridgehead atoms. The zero-order valence-corrected chi connectivity index (χ0v) is 7.66. The molecule has 1 aliphatic rings. The second-order valence-corrected chi connectivity index (χ2v) is 3.56. The van der Waals surface area contributed by atoms with Gasteiger partial charge in [0.25, 0.3) is 0 Å². The predicted molar refractivity (Wildman–Crippen MR) is 44.0 cm³/mol. The average molecular weight is 187 g/mol. The van der Waals surface area contributed by atoms with E-state index < -0.39 is 17.7 Å². The number of ether oxygens (including phenoxy) is 1. The van der Waals surface area contributed by atoms with Crippen LogP contribution in [-0.4, -0.2) is 28.8 Å². The molecule has 1 rings (SSSR count). The number of carboxylic acid groups (broad SMARTS) is 1. The normalized spacial score (nSPS) is 25.7. The lowest BCUT2D eigenvalue weighted by molar-refractivity contribution is -0.147. The number of carboxylic acids is 1. The van der Waals surface area contributed by atoms with Crippen molar-refractivity contribution in [2.45, 2.75) is 38.5 Å². The average Bonchev–Trinajstić information content (AvgIpc) is 2.20. The van der Waals surface area contributed by atoms with Gasteiger partial charge >= 0.3 is 11.9 Å². The molecule has 0 aliphatic carbocycles. The number of aliphatic carboxylic acids is 1. The van der Waals surface area contributed by atoms with Gasteiger partial charge in [-0.2, -0.15) is 0 Å². The quantitative estimate of drug-likeness (QED) is 0.613. The summed E-state index contributed by atoms with van der Waals surface area (Å²) in [4.78, 5) is 21.4. The Morgan fingerprint density at radius 2 is 2.31 bits per heavy atom. The SMILES string of the molecule is CC1(C)N[C@@H](CCC(=O)O)C(=O)O1. The first-order valence-electron chi connectivity index (χ1n) is 4.13. The fourth-order valence-corrected chi connectivity index (χ4v) is 1.29. The molecule has 0 unspecified atom stereocenters. The summed E-state index contributed by atoms with van der Waals surface area (Å²) in [7, 11) is 0. The number of carbonyl (C=O) groups is 2. The molecule has 0 amide bonds. The maximum atomic E-state index is 11.1. The highest BCUT2D eigenvalue weighted by molar-refractivity contribution is 5.79. The van der Waals surface area contributed by atoms with E-state index in [1.54, 1.807) is 13.8 Å². The summed E-state index contributed by atoms with van der Waals surface area (Å²) < 4.78 is 4.95. The van der Waals surface area contributed by atoms with Crippen molar-refractivity contribution in [3.05, 3.63) is 0 Å². The summed E-state index contributed by atoms with van der Waals surface area (Å²) in [6.07, 6.45) is 0.250. The molecule has 0 saturated carbocycles. The number of hydrogen-bond acceptors (Lipinski definition) is 4. The van der Waals surface area contributed by atoms with Crippen molar-refractivity contribution in [3.8, 4) is 0 Å². The Morgan fingerprint density at radius 3 is 2.69 bits per heavy atom. The fraction of sp³-hybridized carbons (Fsp3) is 0.750. The molecule has 5 nitrogen and oxygen atoms in total. The van der Waals surface area contributed by atoms with Gasteiger partial charge in [-0.3, -0.25) is 14.9 Å². The zero-order chi connectivity index (χ0) is 10.1. The van der Waals surface area contributed by atoms with E-state index in [1.807, 2.05) is 0 Å². The number of hydrogen-bond donors (Lipinski definition) is 2. The minimum absolute atomic E-state index is 0.0250. The van der Waals surface area contributed by atoms with Crippen LogP contribution in [0, 0.1) is 0 Å². The second-order valence-electron chi connectivity index (χ2n) is 3.56. The van der Waals surface area contributed by atoms with Crippen molar-refractivity contribution in [1.29, 1.82) is 0 Å². The van der Waals surface area contributed by atoms with Crippen LogP contribution in [0.1, 0.15) is 26.7 Å². The van der Waals surface area contributed by atoms with Crippen molar-refractivity contribution in [1.82, 2.24) is 5.32 Å². The van der Waals surface area contributed by atoms with Crippen LogP contribution in [-0.2, 0) is 14.3 Å². The summed E-state index contributed by atoms with van der Waals surface area (Å²) in [6, 6.07) is -0.480. The monoisotopic (exact) mass is 187 g/mol. The fourth-order valence-electron chi connectivity index (χ4n) is 1.29. The summed E-state index contributed by atoms with van der Waals surface area (Å²) >= 11 is 0. The van der Waals surface area contributed by atoms with Crippen LogP contribution in [0.5, 0.6) is 0 Å². The Bertz CT molecular complexity index is 236. The molecule has 1 atom stereocenters. The van der Waals surface area contributed by atoms with Crippen LogP contribution in [0.4, 0.5) is 0 Å². The van der Waals surface area contributed by atoms with E-state index >= 15 is 0 Å². The Hall–Kier alpha value is -1.10. The van der Waals surface area contributed by atoms with Gasteiger partial charge in [-0.25, -0.2) is 0 Å². The largest absolute Gasteiger partial charge is 0.481 e. The molecule has 5 heteroatoms. The van der Waals surface area contributed by atoms with E-state index in [9.17, 15) is 9.59 Å². The highest BCUT2D eigenvalue weighted by Crippen LogP contribution is 2.18. The van der Waals surface area contributed by atoms with Crippen LogP contribution in [0.15, 0.2) is 0 Å². The number of nitrogens with one attached hydrogen (secondary N) is 1. The molecule has 0 aromatic carbocycles. The molecule has 1 heterocycles. The van der Waals surface area contributed by atoms with Crippen LogP contribution in [0.25, 0.3) is 0 Å². The Balaban J connectivity index is 2.44. The number of rotatable bonds is 3. The van der Waals surface area contributed by atoms with Crippen LogP contribution < -0.4 is 5.32 Å². The van der Waals surface area contributed by atoms with Crippen molar-refractivity contribution < 1.29 is 19.4 Å². The van der Waals surface area contributed by atoms with Crippen LogP contribution in [0.3, 0.4) is 0 Å². The van der Waals surface area contributed by atoms with Crippen molar-refractivity contribution in [2.24, 2.45) is 0 Å². The molecule has 1 fully saturated rings. The molecule has 1 aliphatic heterocycles. The Kier molecular flexibility index (Phi) is 2.56. The lowest BCUT2D eigenvalue weighted by Gasteiger charge is -2.16. The maximum Gasteiger partial charge on any atom is 0.325 e. The number of carbonyl (C=O) groups excluding carboxylic acids is 1. The number of esters is 1. The zero-order valence-electron chi connectivity index (χ0n) is 7.66. The van der Waals surface area contributed by atoms with Crippen molar-refractivity contribution >= 4 is 11.9 Å². The molecule has 2 N–H and O–H groups in total. The maximum absolute atomic E-state index is 11.1. The van der Waals surface area contributed by atoms with Crippen LogP contribution in [0.2, 0.25) is 0 Å². The summed E-state index contributed by atoms with van der Waals surface area (Å²) in [5, 5.41) is 11.3. The van der Waals surface area contributed by atoms with Gasteiger partial charge in [0, 0.05) is 6.42 Å². The summed E-state index contributed by atoms with van der Waals surface area (Å²) in [5.41, 5.74) is -0.666. The molecule has 0 radical (unpaired) electrons. The van der Waals surface area contributed by atoms with E-state index in [2.05, 4.69) is 5.32 Å². The van der Waals surface area contributed by atoms with Gasteiger partial charge in [-0.1, -0.05) is 0 Å². The van der Waals surface area contributed by atoms with Crippen LogP contribution >= 0.6 is 0 Å². The first kappa shape index (κ1) is 9.98. The molecule has 0 spiro atoms. The molecule has 0 aromatic rings. The van der Waals surface area contributed by atoms with Gasteiger partial charge in [-0.15, -0.1) is 0 Å². The third kappa shape index (κ3) is 2.69. The minimum atomic E-state index is -0.903. The first-order chi connectivity index (χ1) is 5.91. The molecular formula is C8H13NO4. The predicted octanol–water partition coefficient (Wildman–Crippen LogP) is 0.102. The second kappa shape index (κ2) is 3.33. The molecule has 1 saturated heterocycles. The first-order valence-corrected chi connectivity index (χ1v) is 4.13. The third-order valence-corrected chi connectivity index (χ3v) is 1.81. The van der Waals surface area contributed by atoms with Crippen molar-refractivity contribution in [3.63, 3.8) is 0 Å². The molecule has 13 heavy (non-hydrogen) atoms. The molecule has 0 aromatic heterocycles. The minimum Gasteiger partial charge on any atom is -0.481 e. The van der Waals surface area contributed by atoms with Gasteiger partial charge in [0.05, 0.1) is 0 Å². The van der Waals surface area contributed by atoms with Crippen molar-refractivity contribution in [2.75, 3.05) is 0 Å². The van der Waals surface area contributed by atoms with Gasteiger partial charge < -0.3 is 9.84 Å². The third-order valence-electron chi connectivity index (χ3n) is 1.81. The lowest BCUT2D eigenvalue weighted by Crippen LogP contribution is -2.38. The van der Waals surface area contributed by atoms with E-state index in [0.29, 0.717) is 0 Å². The smallest absolute Gasteiger partial charge is 0.325 e. The van der Waals surface area contributed by atoms with E-state index in [1.165, 1.54) is 0 Å². The van der Waals surface area contributed by atoms with Gasteiger partial charge in [0.1, 0.15) is 6.04 Å². The molecular weight excluding hydrogens is 174 g/mol. The van der Waals surface area contributed by atoms with Gasteiger partial charge in [-0.05, 0) is 20.3 Å². The van der Waals surface area contributed by atoms with Gasteiger partial charge in [0.2, 0.25) is 0 Å². The van der Waals surface area contributed by atoms with Gasteiger partial charge in [0.15, 0.2) is 5.72 Å². The highest BCUT2D eigenvalue weighted by Gasteiger charge is 2.38. The van der Waals surface area contributed by atoms with E-state index in [-0.39, 0.29) is 18.8 Å². The summed E-state index contributed by atoms with van der Waals surface area (Å²) in [6.45, 7) is 3.46. The van der Waals surface area contributed by atoms with E-state index in [4.69, 9.17) is 9.84 Å². The lowest BCUT2D eigenvalue weighted by atomic mass is 10.1. The topological polar surface area (TPSA) is 75.6 Å². The number of cyclic esters (lactones) is 1. The standard InChI is InChI=1S/C8H13NO4/c1-8(2)9-5(7(12)13-8)3-4-6(10)11/h5,9H,3-4H2,1-2H3,(H,10,11)/t5-/m0/s1. The highest BCUT2D eigenvalue weighted by atomic mass is 16.6. The Morgan fingerprint density at radius 1 is 1.69 bits per heavy atom. The Labute approximate surface area is 76.1 Å².